The van der Waals surface area contributed by atoms with Gasteiger partial charge in [-0.25, -0.2) is 5.43 Å². The molecule has 0 aliphatic rings. The predicted molar refractivity (Wildman–Crippen MR) is 75.3 cm³/mol. The summed E-state index contributed by atoms with van der Waals surface area (Å²) in [5.74, 6) is -0.927. The Morgan fingerprint density at radius 2 is 1.95 bits per heavy atom. The molecule has 1 rings (SSSR count). The van der Waals surface area contributed by atoms with Crippen molar-refractivity contribution < 1.29 is 22.6 Å². The minimum atomic E-state index is -4.38. The van der Waals surface area contributed by atoms with E-state index in [2.05, 4.69) is 15.8 Å². The molecule has 0 unspecified atom stereocenters. The lowest BCUT2D eigenvalue weighted by molar-refractivity contribution is -0.127. The molecule has 8 nitrogen and oxygen atoms in total. The molecule has 0 heterocycles. The molecule has 0 aliphatic heterocycles. The van der Waals surface area contributed by atoms with Gasteiger partial charge in [0.2, 0.25) is 5.91 Å². The second-order valence-corrected chi connectivity index (χ2v) is 5.56. The number of rotatable bonds is 5. The van der Waals surface area contributed by atoms with E-state index < -0.39 is 22.1 Å². The third kappa shape index (κ3) is 5.32. The topological polar surface area (TPSA) is 125 Å². The molecule has 9 heteroatoms. The van der Waals surface area contributed by atoms with Gasteiger partial charge in [0.15, 0.2) is 0 Å². The van der Waals surface area contributed by atoms with E-state index in [0.29, 0.717) is 0 Å². The van der Waals surface area contributed by atoms with Crippen LogP contribution in [0.25, 0.3) is 0 Å². The Morgan fingerprint density at radius 3 is 2.52 bits per heavy atom. The Morgan fingerprint density at radius 1 is 1.33 bits per heavy atom. The summed E-state index contributed by atoms with van der Waals surface area (Å²) in [7, 11) is -4.38. The van der Waals surface area contributed by atoms with Crippen LogP contribution in [-0.4, -0.2) is 37.0 Å². The van der Waals surface area contributed by atoms with Crippen LogP contribution in [0.2, 0.25) is 0 Å². The van der Waals surface area contributed by atoms with Gasteiger partial charge in [0.25, 0.3) is 16.0 Å². The first-order valence-corrected chi connectivity index (χ1v) is 7.32. The van der Waals surface area contributed by atoms with Gasteiger partial charge in [0.05, 0.1) is 6.21 Å². The van der Waals surface area contributed by atoms with Crippen LogP contribution in [0.1, 0.15) is 19.4 Å². The lowest BCUT2D eigenvalue weighted by atomic mass is 10.2. The molecule has 114 valence electrons. The number of amides is 2. The Bertz CT molecular complexity index is 669. The highest BCUT2D eigenvalue weighted by atomic mass is 32.2. The lowest BCUT2D eigenvalue weighted by Crippen LogP contribution is -2.42. The van der Waals surface area contributed by atoms with E-state index in [0.717, 1.165) is 6.21 Å². The summed E-state index contributed by atoms with van der Waals surface area (Å²) in [6, 6.07) is 4.83. The van der Waals surface area contributed by atoms with Crippen molar-refractivity contribution in [3.05, 3.63) is 29.8 Å². The van der Waals surface area contributed by atoms with E-state index in [4.69, 9.17) is 4.55 Å². The second kappa shape index (κ2) is 6.95. The van der Waals surface area contributed by atoms with Gasteiger partial charge in [0, 0.05) is 12.5 Å². The first-order chi connectivity index (χ1) is 9.71. The van der Waals surface area contributed by atoms with Crippen molar-refractivity contribution in [3.8, 4) is 0 Å². The van der Waals surface area contributed by atoms with Gasteiger partial charge in [-0.05, 0) is 13.0 Å². The summed E-state index contributed by atoms with van der Waals surface area (Å²) < 4.78 is 31.3. The van der Waals surface area contributed by atoms with Crippen LogP contribution in [-0.2, 0) is 19.7 Å². The summed E-state index contributed by atoms with van der Waals surface area (Å²) in [6.07, 6.45) is 1.08. The Hall–Kier alpha value is -2.26. The van der Waals surface area contributed by atoms with Gasteiger partial charge in [-0.1, -0.05) is 18.2 Å². The van der Waals surface area contributed by atoms with Crippen molar-refractivity contribution in [3.63, 3.8) is 0 Å². The summed E-state index contributed by atoms with van der Waals surface area (Å²) in [4.78, 5) is 22.0. The van der Waals surface area contributed by atoms with E-state index in [1.807, 2.05) is 0 Å². The van der Waals surface area contributed by atoms with Crippen LogP contribution in [0.5, 0.6) is 0 Å². The van der Waals surface area contributed by atoms with Crippen LogP contribution in [0.4, 0.5) is 0 Å². The Kier molecular flexibility index (Phi) is 5.56. The highest BCUT2D eigenvalue weighted by Gasteiger charge is 2.14. The molecule has 0 spiro atoms. The number of hydrogen-bond donors (Lipinski definition) is 3. The molecule has 0 bridgehead atoms. The predicted octanol–water partition coefficient (Wildman–Crippen LogP) is -0.0920. The number of nitrogens with zero attached hydrogens (tertiary/aromatic N) is 1. The number of hydrazone groups is 1. The summed E-state index contributed by atoms with van der Waals surface area (Å²) in [5, 5.41) is 5.96. The zero-order valence-electron chi connectivity index (χ0n) is 11.4. The molecule has 0 fully saturated rings. The molecule has 1 aromatic rings. The number of benzene rings is 1. The number of hydrogen-bond acceptors (Lipinski definition) is 5. The normalized spacial score (nSPS) is 12.9. The van der Waals surface area contributed by atoms with E-state index in [9.17, 15) is 18.0 Å². The fourth-order valence-corrected chi connectivity index (χ4v) is 2.12. The standard InChI is InChI=1S/C12H15N3O5S/c1-8(14-9(2)16)12(17)15-13-7-10-5-3-4-6-11(10)21(18,19)20/h3-8H,1-2H3,(H,14,16)(H,15,17)(H,18,19,20)/b13-7-/t8-/m0/s1. The van der Waals surface area contributed by atoms with Gasteiger partial charge in [-0.3, -0.25) is 14.1 Å². The number of nitrogens with one attached hydrogen (secondary N) is 2. The van der Waals surface area contributed by atoms with Crippen LogP contribution in [0.15, 0.2) is 34.3 Å². The molecule has 0 aliphatic carbocycles. The zero-order valence-corrected chi connectivity index (χ0v) is 12.2. The first-order valence-electron chi connectivity index (χ1n) is 5.88. The zero-order chi connectivity index (χ0) is 16.0. The van der Waals surface area contributed by atoms with Crippen molar-refractivity contribution in [1.29, 1.82) is 0 Å². The molecule has 2 amide bonds. The van der Waals surface area contributed by atoms with E-state index in [-0.39, 0.29) is 16.4 Å². The van der Waals surface area contributed by atoms with Crippen molar-refractivity contribution in [2.45, 2.75) is 24.8 Å². The molecule has 1 atom stereocenters. The SMILES string of the molecule is CC(=O)N[C@@H](C)C(=O)N/N=C\c1ccccc1S(=O)(=O)O. The Labute approximate surface area is 122 Å². The quantitative estimate of drug-likeness (QED) is 0.398. The van der Waals surface area contributed by atoms with Crippen LogP contribution in [0, 0.1) is 0 Å². The monoisotopic (exact) mass is 313 g/mol. The molecule has 0 saturated heterocycles. The maximum absolute atomic E-state index is 11.5. The second-order valence-electron chi connectivity index (χ2n) is 4.17. The smallest absolute Gasteiger partial charge is 0.295 e. The van der Waals surface area contributed by atoms with Gasteiger partial charge in [0.1, 0.15) is 10.9 Å². The molecule has 1 aromatic carbocycles. The van der Waals surface area contributed by atoms with Crippen LogP contribution < -0.4 is 10.7 Å². The van der Waals surface area contributed by atoms with Gasteiger partial charge < -0.3 is 5.32 Å². The summed E-state index contributed by atoms with van der Waals surface area (Å²) in [6.45, 7) is 2.74. The van der Waals surface area contributed by atoms with Gasteiger partial charge in [-0.15, -0.1) is 0 Å². The van der Waals surface area contributed by atoms with Crippen molar-refractivity contribution in [1.82, 2.24) is 10.7 Å². The molecule has 0 radical (unpaired) electrons. The average molecular weight is 313 g/mol. The van der Waals surface area contributed by atoms with Crippen molar-refractivity contribution in [2.75, 3.05) is 0 Å². The lowest BCUT2D eigenvalue weighted by Gasteiger charge is -2.09. The minimum absolute atomic E-state index is 0.118. The minimum Gasteiger partial charge on any atom is -0.345 e. The van der Waals surface area contributed by atoms with E-state index in [1.54, 1.807) is 6.07 Å². The van der Waals surface area contributed by atoms with Gasteiger partial charge >= 0.3 is 0 Å². The number of carbonyl (C=O) groups excluding carboxylic acids is 2. The van der Waals surface area contributed by atoms with Gasteiger partial charge in [-0.2, -0.15) is 13.5 Å². The summed E-state index contributed by atoms with van der Waals surface area (Å²) >= 11 is 0. The highest BCUT2D eigenvalue weighted by molar-refractivity contribution is 7.86. The fraction of sp³-hybridized carbons (Fsp3) is 0.250. The fourth-order valence-electron chi connectivity index (χ4n) is 1.45. The maximum Gasteiger partial charge on any atom is 0.295 e. The molecule has 0 aromatic heterocycles. The molecule has 21 heavy (non-hydrogen) atoms. The maximum atomic E-state index is 11.5. The third-order valence-corrected chi connectivity index (χ3v) is 3.32. The first kappa shape index (κ1) is 16.8. The highest BCUT2D eigenvalue weighted by Crippen LogP contribution is 2.12. The molecular weight excluding hydrogens is 298 g/mol. The molecular formula is C12H15N3O5S. The van der Waals surface area contributed by atoms with Crippen LogP contribution in [0.3, 0.4) is 0 Å². The number of carbonyl (C=O) groups is 2. The van der Waals surface area contributed by atoms with E-state index >= 15 is 0 Å². The third-order valence-electron chi connectivity index (χ3n) is 2.39. The van der Waals surface area contributed by atoms with Crippen molar-refractivity contribution >= 4 is 28.1 Å². The summed E-state index contributed by atoms with van der Waals surface area (Å²) in [5.41, 5.74) is 2.27. The Balaban J connectivity index is 2.79. The van der Waals surface area contributed by atoms with Crippen molar-refractivity contribution in [2.24, 2.45) is 5.10 Å². The largest absolute Gasteiger partial charge is 0.345 e. The molecule has 0 saturated carbocycles. The van der Waals surface area contributed by atoms with E-state index in [1.165, 1.54) is 32.0 Å². The average Bonchev–Trinajstić information content (AvgIpc) is 2.37. The molecule has 3 N–H and O–H groups in total. The van der Waals surface area contributed by atoms with Crippen LogP contribution >= 0.6 is 0 Å².